The summed E-state index contributed by atoms with van der Waals surface area (Å²) in [6.45, 7) is 0.391. The maximum absolute atomic E-state index is 12.7. The van der Waals surface area contributed by atoms with Gasteiger partial charge in [0.15, 0.2) is 0 Å². The Hall–Kier alpha value is -2.42. The Balaban J connectivity index is 1.62. The van der Waals surface area contributed by atoms with Crippen LogP contribution in [-0.2, 0) is 29.0 Å². The minimum atomic E-state index is -0.175. The zero-order chi connectivity index (χ0) is 15.1. The van der Waals surface area contributed by atoms with Crippen LogP contribution in [0.25, 0.3) is 0 Å². The fourth-order valence-electron chi connectivity index (χ4n) is 3.66. The number of nitrogens with zero attached hydrogens (tertiary/aromatic N) is 1. The summed E-state index contributed by atoms with van der Waals surface area (Å²) in [6, 6.07) is 17.9. The van der Waals surface area contributed by atoms with Crippen molar-refractivity contribution in [1.82, 2.24) is 4.90 Å². The highest BCUT2D eigenvalue weighted by Crippen LogP contribution is 2.37. The zero-order valence-electron chi connectivity index (χ0n) is 12.2. The van der Waals surface area contributed by atoms with Gasteiger partial charge < -0.3 is 0 Å². The maximum Gasteiger partial charge on any atom is 0.233 e. The molecule has 0 saturated carbocycles. The predicted molar refractivity (Wildman–Crippen MR) is 82.8 cm³/mol. The monoisotopic (exact) mass is 291 g/mol. The Morgan fingerprint density at radius 2 is 1.27 bits per heavy atom. The van der Waals surface area contributed by atoms with Gasteiger partial charge in [-0.2, -0.15) is 0 Å². The predicted octanol–water partition coefficient (Wildman–Crippen LogP) is 2.59. The molecule has 3 heteroatoms. The first-order valence-electron chi connectivity index (χ1n) is 7.70. The molecule has 2 amide bonds. The van der Waals surface area contributed by atoms with Gasteiger partial charge in [0.25, 0.3) is 0 Å². The zero-order valence-corrected chi connectivity index (χ0v) is 12.2. The summed E-state index contributed by atoms with van der Waals surface area (Å²) >= 11 is 0. The van der Waals surface area contributed by atoms with E-state index in [9.17, 15) is 9.59 Å². The molecule has 1 heterocycles. The molecule has 110 valence electrons. The van der Waals surface area contributed by atoms with E-state index >= 15 is 0 Å². The summed E-state index contributed by atoms with van der Waals surface area (Å²) in [7, 11) is 0. The molecule has 2 aromatic carbocycles. The largest absolute Gasteiger partial charge is 0.278 e. The van der Waals surface area contributed by atoms with Crippen LogP contribution in [0.3, 0.4) is 0 Å². The molecule has 0 radical (unpaired) electrons. The number of rotatable bonds is 2. The van der Waals surface area contributed by atoms with Crippen molar-refractivity contribution in [2.45, 2.75) is 19.4 Å². The van der Waals surface area contributed by atoms with E-state index in [1.807, 2.05) is 42.5 Å². The lowest BCUT2D eigenvalue weighted by molar-refractivity contribution is -0.140. The Morgan fingerprint density at radius 3 is 1.82 bits per heavy atom. The highest BCUT2D eigenvalue weighted by atomic mass is 16.2. The molecule has 2 aliphatic rings. The van der Waals surface area contributed by atoms with Crippen LogP contribution in [0.15, 0.2) is 54.6 Å². The van der Waals surface area contributed by atoms with E-state index in [0.717, 1.165) is 5.56 Å². The van der Waals surface area contributed by atoms with E-state index in [2.05, 4.69) is 12.1 Å². The van der Waals surface area contributed by atoms with Crippen molar-refractivity contribution in [3.8, 4) is 0 Å². The van der Waals surface area contributed by atoms with E-state index < -0.39 is 0 Å². The van der Waals surface area contributed by atoms with Crippen LogP contribution < -0.4 is 0 Å². The molecule has 1 aliphatic carbocycles. The second-order valence-electron chi connectivity index (χ2n) is 6.14. The van der Waals surface area contributed by atoms with Crippen molar-refractivity contribution in [2.75, 3.05) is 0 Å². The number of hydrogen-bond donors (Lipinski definition) is 0. The Labute approximate surface area is 129 Å². The standard InChI is InChI=1S/C19H17NO2/c21-18-16-10-14-8-4-5-9-15(14)11-17(16)19(22)20(18)12-13-6-2-1-3-7-13/h1-9,16-17H,10-12H2/t16-,17+. The summed E-state index contributed by atoms with van der Waals surface area (Å²) in [5.74, 6) is -0.362. The second kappa shape index (κ2) is 5.09. The fourth-order valence-corrected chi connectivity index (χ4v) is 3.66. The summed E-state index contributed by atoms with van der Waals surface area (Å²) in [6.07, 6.45) is 1.38. The van der Waals surface area contributed by atoms with E-state index in [0.29, 0.717) is 19.4 Å². The summed E-state index contributed by atoms with van der Waals surface area (Å²) < 4.78 is 0. The van der Waals surface area contributed by atoms with Crippen LogP contribution in [0.5, 0.6) is 0 Å². The van der Waals surface area contributed by atoms with Gasteiger partial charge in [-0.1, -0.05) is 54.6 Å². The Kier molecular flexibility index (Phi) is 3.07. The molecular weight excluding hydrogens is 274 g/mol. The van der Waals surface area contributed by atoms with Gasteiger partial charge in [0, 0.05) is 0 Å². The van der Waals surface area contributed by atoms with Gasteiger partial charge >= 0.3 is 0 Å². The molecule has 0 unspecified atom stereocenters. The van der Waals surface area contributed by atoms with Crippen LogP contribution >= 0.6 is 0 Å². The molecule has 0 N–H and O–H groups in total. The summed E-state index contributed by atoms with van der Waals surface area (Å²) in [5.41, 5.74) is 3.43. The number of likely N-dealkylation sites (tertiary alicyclic amines) is 1. The number of carbonyl (C=O) groups is 2. The average molecular weight is 291 g/mol. The van der Waals surface area contributed by atoms with Crippen molar-refractivity contribution >= 4 is 11.8 Å². The van der Waals surface area contributed by atoms with Crippen LogP contribution in [0, 0.1) is 11.8 Å². The molecule has 2 atom stereocenters. The van der Waals surface area contributed by atoms with Crippen molar-refractivity contribution in [3.63, 3.8) is 0 Å². The molecule has 0 bridgehead atoms. The minimum absolute atomic E-state index is 0.00615. The SMILES string of the molecule is O=C1[C@H]2Cc3ccccc3C[C@H]2C(=O)N1Cc1ccccc1. The van der Waals surface area contributed by atoms with Gasteiger partial charge in [-0.25, -0.2) is 0 Å². The van der Waals surface area contributed by atoms with Crippen molar-refractivity contribution in [2.24, 2.45) is 11.8 Å². The first kappa shape index (κ1) is 13.3. The highest BCUT2D eigenvalue weighted by Gasteiger charge is 2.49. The van der Waals surface area contributed by atoms with Gasteiger partial charge in [-0.3, -0.25) is 14.5 Å². The number of fused-ring (bicyclic) bond motifs is 2. The Morgan fingerprint density at radius 1 is 0.773 bits per heavy atom. The minimum Gasteiger partial charge on any atom is -0.278 e. The molecule has 1 fully saturated rings. The maximum atomic E-state index is 12.7. The van der Waals surface area contributed by atoms with E-state index in [4.69, 9.17) is 0 Å². The fraction of sp³-hybridized carbons (Fsp3) is 0.263. The first-order chi connectivity index (χ1) is 10.7. The molecule has 4 rings (SSSR count). The summed E-state index contributed by atoms with van der Waals surface area (Å²) in [4.78, 5) is 26.8. The number of amides is 2. The van der Waals surface area contributed by atoms with Crippen molar-refractivity contribution < 1.29 is 9.59 Å². The number of benzene rings is 2. The van der Waals surface area contributed by atoms with Crippen LogP contribution in [0.4, 0.5) is 0 Å². The Bertz CT molecular complexity index is 695. The molecule has 22 heavy (non-hydrogen) atoms. The van der Waals surface area contributed by atoms with Crippen molar-refractivity contribution in [1.29, 1.82) is 0 Å². The molecule has 0 aromatic heterocycles. The summed E-state index contributed by atoms with van der Waals surface area (Å²) in [5, 5.41) is 0. The topological polar surface area (TPSA) is 37.4 Å². The molecule has 3 nitrogen and oxygen atoms in total. The molecular formula is C19H17NO2. The van der Waals surface area contributed by atoms with Crippen LogP contribution in [0.2, 0.25) is 0 Å². The lowest BCUT2D eigenvalue weighted by Gasteiger charge is -2.23. The third-order valence-electron chi connectivity index (χ3n) is 4.83. The van der Waals surface area contributed by atoms with Gasteiger partial charge in [-0.05, 0) is 29.5 Å². The second-order valence-corrected chi connectivity index (χ2v) is 6.14. The van der Waals surface area contributed by atoms with Crippen molar-refractivity contribution in [3.05, 3.63) is 71.3 Å². The molecule has 1 aliphatic heterocycles. The lowest BCUT2D eigenvalue weighted by atomic mass is 9.77. The quantitative estimate of drug-likeness (QED) is 0.798. The number of hydrogen-bond acceptors (Lipinski definition) is 2. The lowest BCUT2D eigenvalue weighted by Crippen LogP contribution is -2.30. The van der Waals surface area contributed by atoms with E-state index in [-0.39, 0.29) is 23.7 Å². The first-order valence-corrected chi connectivity index (χ1v) is 7.70. The highest BCUT2D eigenvalue weighted by molar-refractivity contribution is 6.05. The third-order valence-corrected chi connectivity index (χ3v) is 4.83. The van der Waals surface area contributed by atoms with Crippen LogP contribution in [0.1, 0.15) is 16.7 Å². The van der Waals surface area contributed by atoms with E-state index in [1.54, 1.807) is 0 Å². The van der Waals surface area contributed by atoms with Gasteiger partial charge in [0.05, 0.1) is 18.4 Å². The van der Waals surface area contributed by atoms with E-state index in [1.165, 1.54) is 16.0 Å². The number of imide groups is 1. The average Bonchev–Trinajstić information content (AvgIpc) is 2.79. The van der Waals surface area contributed by atoms with Crippen LogP contribution in [-0.4, -0.2) is 16.7 Å². The van der Waals surface area contributed by atoms with Gasteiger partial charge in [0.2, 0.25) is 11.8 Å². The smallest absolute Gasteiger partial charge is 0.233 e. The normalized spacial score (nSPS) is 23.4. The third kappa shape index (κ3) is 2.05. The molecule has 2 aromatic rings. The molecule has 1 saturated heterocycles. The van der Waals surface area contributed by atoms with Gasteiger partial charge in [-0.15, -0.1) is 0 Å². The number of carbonyl (C=O) groups excluding carboxylic acids is 2. The van der Waals surface area contributed by atoms with Gasteiger partial charge in [0.1, 0.15) is 0 Å². The molecule has 0 spiro atoms.